The Kier molecular flexibility index (Phi) is 7.52. The van der Waals surface area contributed by atoms with Crippen molar-refractivity contribution in [3.8, 4) is 5.75 Å². The first-order chi connectivity index (χ1) is 15.0. The fraction of sp³-hybridized carbons (Fsp3) is 0.417. The summed E-state index contributed by atoms with van der Waals surface area (Å²) < 4.78 is 11.1. The average molecular weight is 427 g/mol. The molecule has 0 radical (unpaired) electrons. The summed E-state index contributed by atoms with van der Waals surface area (Å²) in [6.45, 7) is 9.59. The maximum absolute atomic E-state index is 13.0. The van der Waals surface area contributed by atoms with E-state index in [2.05, 4.69) is 18.7 Å². The molecule has 1 aliphatic heterocycles. The molecule has 1 amide bonds. The Balaban J connectivity index is 1.97. The van der Waals surface area contributed by atoms with Gasteiger partial charge in [0.2, 0.25) is 0 Å². The molecule has 1 aliphatic rings. The molecular formula is C24H30N2O5. The molecule has 7 heteroatoms. The summed E-state index contributed by atoms with van der Waals surface area (Å²) in [5.74, 6) is -0.529. The fourth-order valence-electron chi connectivity index (χ4n) is 3.91. The van der Waals surface area contributed by atoms with Crippen LogP contribution in [0.4, 0.5) is 0 Å². The van der Waals surface area contributed by atoms with Gasteiger partial charge < -0.3 is 24.1 Å². The third-order valence-electron chi connectivity index (χ3n) is 5.54. The Bertz CT molecular complexity index is 931. The van der Waals surface area contributed by atoms with E-state index >= 15 is 0 Å². The second-order valence-electron chi connectivity index (χ2n) is 7.35. The van der Waals surface area contributed by atoms with Crippen LogP contribution in [0.25, 0.3) is 5.76 Å². The van der Waals surface area contributed by atoms with Crippen LogP contribution in [0.5, 0.6) is 5.75 Å². The van der Waals surface area contributed by atoms with Crippen molar-refractivity contribution in [2.45, 2.75) is 33.2 Å². The van der Waals surface area contributed by atoms with Gasteiger partial charge in [0.15, 0.2) is 0 Å². The lowest BCUT2D eigenvalue weighted by molar-refractivity contribution is -0.140. The summed E-state index contributed by atoms with van der Waals surface area (Å²) in [6.07, 6.45) is 2.22. The minimum Gasteiger partial charge on any atom is -0.507 e. The first-order valence-corrected chi connectivity index (χ1v) is 10.8. The topological polar surface area (TPSA) is 83.2 Å². The van der Waals surface area contributed by atoms with Crippen molar-refractivity contribution in [1.29, 1.82) is 0 Å². The number of Topliss-reactive ketones (excluding diaryl/α,β-unsaturated/α-hetero) is 1. The summed E-state index contributed by atoms with van der Waals surface area (Å²) >= 11 is 0. The number of likely N-dealkylation sites (tertiary alicyclic amines) is 1. The molecule has 0 spiro atoms. The third-order valence-corrected chi connectivity index (χ3v) is 5.54. The molecule has 0 aliphatic carbocycles. The quantitative estimate of drug-likeness (QED) is 0.353. The number of aliphatic hydroxyl groups is 1. The molecule has 2 heterocycles. The number of carbonyl (C=O) groups excluding carboxylic acids is 2. The first kappa shape index (κ1) is 22.6. The van der Waals surface area contributed by atoms with Crippen LogP contribution in [-0.2, 0) is 9.59 Å². The van der Waals surface area contributed by atoms with E-state index in [1.807, 2.05) is 6.92 Å². The highest BCUT2D eigenvalue weighted by molar-refractivity contribution is 6.46. The van der Waals surface area contributed by atoms with E-state index in [0.29, 0.717) is 36.6 Å². The molecule has 1 aromatic carbocycles. The van der Waals surface area contributed by atoms with Crippen molar-refractivity contribution in [3.05, 3.63) is 59.6 Å². The van der Waals surface area contributed by atoms with Crippen LogP contribution in [0, 0.1) is 0 Å². The number of carbonyl (C=O) groups is 2. The monoisotopic (exact) mass is 426 g/mol. The molecule has 166 valence electrons. The number of rotatable bonds is 10. The summed E-state index contributed by atoms with van der Waals surface area (Å²) in [5.41, 5.74) is 0.458. The molecule has 3 rings (SSSR count). The molecular weight excluding hydrogens is 396 g/mol. The third kappa shape index (κ3) is 4.82. The molecule has 1 atom stereocenters. The van der Waals surface area contributed by atoms with Crippen molar-refractivity contribution in [2.75, 3.05) is 32.8 Å². The van der Waals surface area contributed by atoms with Crippen LogP contribution in [0.15, 0.2) is 52.7 Å². The standard InChI is InChI=1S/C24H30N2O5/c1-4-25(5-2)13-9-14-26-21(19-12-8-15-31-19)20(23(28)24(26)29)22(27)17-10-7-11-18(16-17)30-6-3/h7-8,10-12,15-16,21,27H,4-6,9,13-14H2,1-3H3/b22-20+. The summed E-state index contributed by atoms with van der Waals surface area (Å²) in [5, 5.41) is 11.1. The molecule has 2 aromatic rings. The Morgan fingerprint density at radius 1 is 1.16 bits per heavy atom. The van der Waals surface area contributed by atoms with Crippen molar-refractivity contribution < 1.29 is 23.8 Å². The highest BCUT2D eigenvalue weighted by Gasteiger charge is 2.47. The largest absolute Gasteiger partial charge is 0.507 e. The van der Waals surface area contributed by atoms with E-state index in [1.54, 1.807) is 36.4 Å². The van der Waals surface area contributed by atoms with Gasteiger partial charge in [-0.2, -0.15) is 0 Å². The van der Waals surface area contributed by atoms with E-state index in [0.717, 1.165) is 19.6 Å². The van der Waals surface area contributed by atoms with Crippen LogP contribution >= 0.6 is 0 Å². The molecule has 1 fully saturated rings. The average Bonchev–Trinajstić information content (AvgIpc) is 3.39. The normalized spacial score (nSPS) is 18.2. The highest BCUT2D eigenvalue weighted by atomic mass is 16.5. The van der Waals surface area contributed by atoms with Gasteiger partial charge in [-0.05, 0) is 57.2 Å². The van der Waals surface area contributed by atoms with Crippen LogP contribution in [0.1, 0.15) is 44.6 Å². The summed E-state index contributed by atoms with van der Waals surface area (Å²) in [6, 6.07) is 9.52. The van der Waals surface area contributed by atoms with Gasteiger partial charge in [0.1, 0.15) is 23.3 Å². The maximum Gasteiger partial charge on any atom is 0.295 e. The summed E-state index contributed by atoms with van der Waals surface area (Å²) in [7, 11) is 0. The van der Waals surface area contributed by atoms with Gasteiger partial charge in [0, 0.05) is 12.1 Å². The number of hydrogen-bond acceptors (Lipinski definition) is 6. The lowest BCUT2D eigenvalue weighted by Crippen LogP contribution is -2.33. The van der Waals surface area contributed by atoms with E-state index in [-0.39, 0.29) is 11.3 Å². The van der Waals surface area contributed by atoms with E-state index in [9.17, 15) is 14.7 Å². The lowest BCUT2D eigenvalue weighted by atomic mass is 9.99. The number of hydrogen-bond donors (Lipinski definition) is 1. The van der Waals surface area contributed by atoms with Crippen molar-refractivity contribution in [2.24, 2.45) is 0 Å². The Hall–Kier alpha value is -3.06. The fourth-order valence-corrected chi connectivity index (χ4v) is 3.91. The minimum atomic E-state index is -0.762. The predicted octanol–water partition coefficient (Wildman–Crippen LogP) is 3.83. The van der Waals surface area contributed by atoms with E-state index in [1.165, 1.54) is 11.2 Å². The number of furan rings is 1. The van der Waals surface area contributed by atoms with Crippen LogP contribution < -0.4 is 4.74 Å². The zero-order valence-corrected chi connectivity index (χ0v) is 18.3. The van der Waals surface area contributed by atoms with E-state index in [4.69, 9.17) is 9.15 Å². The molecule has 7 nitrogen and oxygen atoms in total. The van der Waals surface area contributed by atoms with Gasteiger partial charge in [0.05, 0.1) is 18.4 Å². The SMILES string of the molecule is CCOc1cccc(/C(O)=C2\C(=O)C(=O)N(CCCN(CC)CC)C2c2ccco2)c1. The molecule has 0 saturated carbocycles. The Morgan fingerprint density at radius 2 is 1.94 bits per heavy atom. The Labute approximate surface area is 182 Å². The van der Waals surface area contributed by atoms with E-state index < -0.39 is 17.7 Å². The zero-order valence-electron chi connectivity index (χ0n) is 18.3. The second-order valence-corrected chi connectivity index (χ2v) is 7.35. The van der Waals surface area contributed by atoms with Crippen LogP contribution in [-0.4, -0.2) is 59.4 Å². The Morgan fingerprint density at radius 3 is 2.58 bits per heavy atom. The minimum absolute atomic E-state index is 0.0384. The molecule has 1 aromatic heterocycles. The molecule has 1 unspecified atom stereocenters. The number of aliphatic hydroxyl groups excluding tert-OH is 1. The van der Waals surface area contributed by atoms with Gasteiger partial charge in [-0.3, -0.25) is 9.59 Å². The molecule has 1 N–H and O–H groups in total. The van der Waals surface area contributed by atoms with Gasteiger partial charge in [0.25, 0.3) is 11.7 Å². The lowest BCUT2D eigenvalue weighted by Gasteiger charge is -2.25. The number of ketones is 1. The smallest absolute Gasteiger partial charge is 0.295 e. The van der Waals surface area contributed by atoms with Crippen molar-refractivity contribution in [1.82, 2.24) is 9.80 Å². The first-order valence-electron chi connectivity index (χ1n) is 10.8. The zero-order chi connectivity index (χ0) is 22.4. The van der Waals surface area contributed by atoms with Crippen LogP contribution in [0.2, 0.25) is 0 Å². The van der Waals surface area contributed by atoms with Gasteiger partial charge in [-0.15, -0.1) is 0 Å². The maximum atomic E-state index is 13.0. The second kappa shape index (κ2) is 10.3. The van der Waals surface area contributed by atoms with Crippen molar-refractivity contribution >= 4 is 17.4 Å². The number of benzene rings is 1. The molecule has 31 heavy (non-hydrogen) atoms. The number of ether oxygens (including phenoxy) is 1. The van der Waals surface area contributed by atoms with Gasteiger partial charge in [-0.1, -0.05) is 26.0 Å². The predicted molar refractivity (Wildman–Crippen MR) is 118 cm³/mol. The molecule has 1 saturated heterocycles. The number of amides is 1. The molecule has 0 bridgehead atoms. The van der Waals surface area contributed by atoms with Gasteiger partial charge in [-0.25, -0.2) is 0 Å². The number of nitrogens with zero attached hydrogens (tertiary/aromatic N) is 2. The van der Waals surface area contributed by atoms with Crippen LogP contribution in [0.3, 0.4) is 0 Å². The van der Waals surface area contributed by atoms with Gasteiger partial charge >= 0.3 is 0 Å². The van der Waals surface area contributed by atoms with Crippen molar-refractivity contribution in [3.63, 3.8) is 0 Å². The summed E-state index contributed by atoms with van der Waals surface area (Å²) in [4.78, 5) is 29.6. The highest BCUT2D eigenvalue weighted by Crippen LogP contribution is 2.39.